The summed E-state index contributed by atoms with van der Waals surface area (Å²) < 4.78 is 65.9. The molecule has 13 heteroatoms. The molecule has 3 rings (SSSR count). The topological polar surface area (TPSA) is 81.9 Å². The number of aromatic nitrogens is 2. The molecule has 1 aromatic carbocycles. The summed E-state index contributed by atoms with van der Waals surface area (Å²) in [4.78, 5) is 16.5. The van der Waals surface area contributed by atoms with Gasteiger partial charge in [0.05, 0.1) is 46.4 Å². The second kappa shape index (κ2) is 10.0. The molecule has 0 saturated carbocycles. The maximum atomic E-state index is 13.8. The largest absolute Gasteiger partial charge is 0.435 e. The van der Waals surface area contributed by atoms with Gasteiger partial charge >= 0.3 is 13.8 Å². The number of carbonyl (C=O) groups is 1. The van der Waals surface area contributed by atoms with Crippen LogP contribution in [0.4, 0.5) is 18.9 Å². The molecule has 0 aliphatic heterocycles. The first-order valence-corrected chi connectivity index (χ1v) is 12.2. The average molecular weight is 524 g/mol. The summed E-state index contributed by atoms with van der Waals surface area (Å²) in [5.74, 6) is -0.730. The summed E-state index contributed by atoms with van der Waals surface area (Å²) in [6.07, 6.45) is -4.22. The fraction of sp³-hybridized carbons (Fsp3) is 0.300. The van der Waals surface area contributed by atoms with Crippen LogP contribution in [0.3, 0.4) is 0 Å². The van der Waals surface area contributed by atoms with Crippen LogP contribution >= 0.6 is 30.8 Å². The molecular formula is C20H19Cl2F3N3O4P. The van der Waals surface area contributed by atoms with E-state index in [9.17, 15) is 22.5 Å². The van der Waals surface area contributed by atoms with Gasteiger partial charge in [-0.05, 0) is 38.1 Å². The third kappa shape index (κ3) is 5.53. The summed E-state index contributed by atoms with van der Waals surface area (Å²) in [6, 6.07) is 7.25. The van der Waals surface area contributed by atoms with Crippen LogP contribution in [0.1, 0.15) is 35.6 Å². The molecule has 7 nitrogen and oxygen atoms in total. The molecule has 33 heavy (non-hydrogen) atoms. The molecule has 0 radical (unpaired) electrons. The highest BCUT2D eigenvalue weighted by atomic mass is 35.5. The second-order valence-electron chi connectivity index (χ2n) is 6.68. The maximum Gasteiger partial charge on any atom is 0.435 e. The Balaban J connectivity index is 2.12. The lowest BCUT2D eigenvalue weighted by Crippen LogP contribution is -2.14. The summed E-state index contributed by atoms with van der Waals surface area (Å²) in [5, 5.41) is 2.64. The number of carbonyl (C=O) groups excluding carboxylic acids is 1. The van der Waals surface area contributed by atoms with Gasteiger partial charge in [0, 0.05) is 6.20 Å². The number of fused-ring (bicyclic) bond motifs is 1. The molecular weight excluding hydrogens is 505 g/mol. The standard InChI is InChI=1S/C20H19Cl2F3N3O4P/c1-3-31-33(30,32-4-2)11-15-17(20(23,24)25)27-18-14(9-6-10-28(15)18)26-19(29)16-12(21)7-5-8-13(16)22/h5-10H,3-4,11H2,1-2H3,(H,26,29). The van der Waals surface area contributed by atoms with E-state index in [0.717, 1.165) is 4.40 Å². The van der Waals surface area contributed by atoms with Crippen LogP contribution in [0.25, 0.3) is 5.65 Å². The molecule has 0 aliphatic rings. The van der Waals surface area contributed by atoms with Gasteiger partial charge in [-0.15, -0.1) is 0 Å². The summed E-state index contributed by atoms with van der Waals surface area (Å²) in [7, 11) is -3.90. The molecule has 2 heterocycles. The molecule has 0 atom stereocenters. The van der Waals surface area contributed by atoms with Crippen molar-refractivity contribution in [1.82, 2.24) is 9.38 Å². The van der Waals surface area contributed by atoms with Crippen LogP contribution in [0.5, 0.6) is 0 Å². The quantitative estimate of drug-likeness (QED) is 0.333. The number of halogens is 5. The van der Waals surface area contributed by atoms with Gasteiger partial charge in [0.25, 0.3) is 5.91 Å². The van der Waals surface area contributed by atoms with E-state index in [0.29, 0.717) is 0 Å². The summed E-state index contributed by atoms with van der Waals surface area (Å²) in [6.45, 7) is 3.07. The normalized spacial score (nSPS) is 12.3. The molecule has 0 unspecified atom stereocenters. The number of benzene rings is 1. The number of alkyl halides is 3. The Kier molecular flexibility index (Phi) is 7.76. The summed E-state index contributed by atoms with van der Waals surface area (Å²) >= 11 is 12.1. The molecule has 0 spiro atoms. The van der Waals surface area contributed by atoms with Crippen LogP contribution < -0.4 is 5.32 Å². The fourth-order valence-corrected chi connectivity index (χ4v) is 5.48. The SMILES string of the molecule is CCOP(=O)(Cc1c(C(F)(F)F)nc2c(NC(=O)c3c(Cl)cccc3Cl)cccn12)OCC. The lowest BCUT2D eigenvalue weighted by molar-refractivity contribution is -0.141. The van der Waals surface area contributed by atoms with Crippen molar-refractivity contribution in [3.05, 3.63) is 63.5 Å². The van der Waals surface area contributed by atoms with Crippen molar-refractivity contribution < 1.29 is 31.6 Å². The van der Waals surface area contributed by atoms with Crippen LogP contribution in [-0.4, -0.2) is 28.5 Å². The molecule has 178 valence electrons. The molecule has 2 aromatic heterocycles. The minimum atomic E-state index is -4.86. The highest BCUT2D eigenvalue weighted by molar-refractivity contribution is 7.53. The lowest BCUT2D eigenvalue weighted by atomic mass is 10.2. The number of nitrogens with zero attached hydrogens (tertiary/aromatic N) is 2. The smallest absolute Gasteiger partial charge is 0.319 e. The van der Waals surface area contributed by atoms with Gasteiger partial charge in [-0.25, -0.2) is 4.98 Å². The van der Waals surface area contributed by atoms with Gasteiger partial charge < -0.3 is 18.8 Å². The number of amides is 1. The van der Waals surface area contributed by atoms with E-state index < -0.39 is 37.2 Å². The molecule has 1 N–H and O–H groups in total. The van der Waals surface area contributed by atoms with E-state index in [-0.39, 0.29) is 40.2 Å². The number of imidazole rings is 1. The Bertz CT molecular complexity index is 1200. The van der Waals surface area contributed by atoms with Crippen LogP contribution in [0, 0.1) is 0 Å². The van der Waals surface area contributed by atoms with E-state index in [1.807, 2.05) is 0 Å². The van der Waals surface area contributed by atoms with Crippen molar-refractivity contribution in [3.63, 3.8) is 0 Å². The fourth-order valence-electron chi connectivity index (χ4n) is 3.20. The van der Waals surface area contributed by atoms with Crippen molar-refractivity contribution in [2.24, 2.45) is 0 Å². The Labute approximate surface area is 197 Å². The van der Waals surface area contributed by atoms with Crippen molar-refractivity contribution in [3.8, 4) is 0 Å². The number of anilines is 1. The molecule has 1 amide bonds. The second-order valence-corrected chi connectivity index (χ2v) is 9.54. The Hall–Kier alpha value is -2.10. The Morgan fingerprint density at radius 2 is 1.73 bits per heavy atom. The average Bonchev–Trinajstić information content (AvgIpc) is 3.08. The molecule has 0 fully saturated rings. The van der Waals surface area contributed by atoms with E-state index in [4.69, 9.17) is 32.2 Å². The van der Waals surface area contributed by atoms with Gasteiger partial charge in [0.15, 0.2) is 11.3 Å². The van der Waals surface area contributed by atoms with Crippen LogP contribution in [-0.2, 0) is 26.0 Å². The third-order valence-corrected chi connectivity index (χ3v) is 7.07. The van der Waals surface area contributed by atoms with Crippen molar-refractivity contribution in [1.29, 1.82) is 0 Å². The highest BCUT2D eigenvalue weighted by Gasteiger charge is 2.41. The molecule has 3 aromatic rings. The Morgan fingerprint density at radius 1 is 1.12 bits per heavy atom. The van der Waals surface area contributed by atoms with Gasteiger partial charge in [0.2, 0.25) is 0 Å². The number of hydrogen-bond acceptors (Lipinski definition) is 5. The lowest BCUT2D eigenvalue weighted by Gasteiger charge is -2.18. The number of rotatable bonds is 8. The van der Waals surface area contributed by atoms with E-state index in [1.54, 1.807) is 19.9 Å². The van der Waals surface area contributed by atoms with Crippen molar-refractivity contribution >= 4 is 48.0 Å². The van der Waals surface area contributed by atoms with Crippen LogP contribution in [0.2, 0.25) is 10.0 Å². The zero-order chi connectivity index (χ0) is 24.4. The molecule has 0 bridgehead atoms. The first-order chi connectivity index (χ1) is 15.5. The number of nitrogens with one attached hydrogen (secondary N) is 1. The Morgan fingerprint density at radius 3 is 2.27 bits per heavy atom. The monoisotopic (exact) mass is 523 g/mol. The van der Waals surface area contributed by atoms with E-state index >= 15 is 0 Å². The predicted octanol–water partition coefficient (Wildman–Crippen LogP) is 6.68. The van der Waals surface area contributed by atoms with E-state index in [1.165, 1.54) is 30.5 Å². The van der Waals surface area contributed by atoms with Gasteiger partial charge in [-0.3, -0.25) is 9.36 Å². The highest BCUT2D eigenvalue weighted by Crippen LogP contribution is 2.52. The molecule has 0 aliphatic carbocycles. The first-order valence-electron chi connectivity index (χ1n) is 9.71. The third-order valence-electron chi connectivity index (χ3n) is 4.45. The zero-order valence-electron chi connectivity index (χ0n) is 17.4. The minimum Gasteiger partial charge on any atom is -0.319 e. The van der Waals surface area contributed by atoms with E-state index in [2.05, 4.69) is 10.3 Å². The van der Waals surface area contributed by atoms with Gasteiger partial charge in [-0.1, -0.05) is 29.3 Å². The van der Waals surface area contributed by atoms with Crippen molar-refractivity contribution in [2.45, 2.75) is 26.2 Å². The minimum absolute atomic E-state index is 0.0186. The van der Waals surface area contributed by atoms with Crippen molar-refractivity contribution in [2.75, 3.05) is 18.5 Å². The maximum absolute atomic E-state index is 13.8. The van der Waals surface area contributed by atoms with Gasteiger partial charge in [0.1, 0.15) is 0 Å². The predicted molar refractivity (Wildman–Crippen MR) is 119 cm³/mol. The number of pyridine rings is 1. The van der Waals surface area contributed by atoms with Crippen LogP contribution in [0.15, 0.2) is 36.5 Å². The zero-order valence-corrected chi connectivity index (χ0v) is 19.9. The summed E-state index contributed by atoms with van der Waals surface area (Å²) in [5.41, 5.74) is -1.97. The first kappa shape index (κ1) is 25.5. The van der Waals surface area contributed by atoms with Gasteiger partial charge in [-0.2, -0.15) is 13.2 Å². The number of hydrogen-bond donors (Lipinski definition) is 1. The molecule has 0 saturated heterocycles.